The highest BCUT2D eigenvalue weighted by atomic mass is 79.9. The van der Waals surface area contributed by atoms with E-state index in [1.165, 1.54) is 12.1 Å². The number of carbonyl (C=O) groups excluding carboxylic acids is 1. The Morgan fingerprint density at radius 1 is 1.25 bits per heavy atom. The summed E-state index contributed by atoms with van der Waals surface area (Å²) in [5.74, 6) is -0.468. The summed E-state index contributed by atoms with van der Waals surface area (Å²) in [6.45, 7) is 0. The molecule has 0 aliphatic carbocycles. The zero-order chi connectivity index (χ0) is 17.3. The van der Waals surface area contributed by atoms with Gasteiger partial charge in [-0.2, -0.15) is 0 Å². The fraction of sp³-hybridized carbons (Fsp3) is 0. The summed E-state index contributed by atoms with van der Waals surface area (Å²) < 4.78 is 0.858. The number of hydrogen-bond acceptors (Lipinski definition) is 4. The molecule has 0 unspecified atom stereocenters. The lowest BCUT2D eigenvalue weighted by Crippen LogP contribution is -2.13. The van der Waals surface area contributed by atoms with Crippen LogP contribution in [0, 0.1) is 10.1 Å². The molecule has 3 rings (SSSR count). The van der Waals surface area contributed by atoms with Gasteiger partial charge in [0.2, 0.25) is 0 Å². The largest absolute Gasteiger partial charge is 0.320 e. The highest BCUT2D eigenvalue weighted by Crippen LogP contribution is 2.29. The van der Waals surface area contributed by atoms with Gasteiger partial charge in [0.05, 0.1) is 26.7 Å². The van der Waals surface area contributed by atoms with Gasteiger partial charge < -0.3 is 5.32 Å². The van der Waals surface area contributed by atoms with Gasteiger partial charge in [-0.3, -0.25) is 19.9 Å². The summed E-state index contributed by atoms with van der Waals surface area (Å²) >= 11 is 9.43. The Hall–Kier alpha value is -2.51. The molecule has 1 heterocycles. The molecule has 8 heteroatoms. The minimum atomic E-state index is -0.570. The summed E-state index contributed by atoms with van der Waals surface area (Å²) in [6, 6.07) is 10.9. The number of halogens is 2. The van der Waals surface area contributed by atoms with Gasteiger partial charge in [-0.1, -0.05) is 33.6 Å². The Bertz CT molecular complexity index is 978. The molecule has 1 aromatic heterocycles. The number of hydrogen-bond donors (Lipinski definition) is 1. The minimum absolute atomic E-state index is 0.0103. The van der Waals surface area contributed by atoms with Gasteiger partial charge in [-0.05, 0) is 24.3 Å². The van der Waals surface area contributed by atoms with Gasteiger partial charge >= 0.3 is 0 Å². The van der Waals surface area contributed by atoms with E-state index in [9.17, 15) is 14.9 Å². The van der Waals surface area contributed by atoms with Gasteiger partial charge in [0.15, 0.2) is 0 Å². The number of non-ortho nitro benzene ring substituents is 1. The van der Waals surface area contributed by atoms with Crippen LogP contribution >= 0.6 is 27.5 Å². The first-order valence-corrected chi connectivity index (χ1v) is 7.93. The minimum Gasteiger partial charge on any atom is -0.320 e. The van der Waals surface area contributed by atoms with E-state index in [1.807, 2.05) is 6.07 Å². The second-order valence-electron chi connectivity index (χ2n) is 4.87. The number of benzene rings is 2. The molecule has 120 valence electrons. The lowest BCUT2D eigenvalue weighted by atomic mass is 10.1. The maximum absolute atomic E-state index is 12.4. The molecule has 1 N–H and O–H groups in total. The van der Waals surface area contributed by atoms with Crippen LogP contribution in [-0.2, 0) is 0 Å². The molecular weight excluding hydrogens is 398 g/mol. The molecule has 0 spiro atoms. The zero-order valence-corrected chi connectivity index (χ0v) is 14.3. The van der Waals surface area contributed by atoms with Crippen LogP contribution < -0.4 is 5.32 Å². The van der Waals surface area contributed by atoms with Gasteiger partial charge in [0.1, 0.15) is 0 Å². The fourth-order valence-electron chi connectivity index (χ4n) is 2.23. The summed E-state index contributed by atoms with van der Waals surface area (Å²) in [5.41, 5.74) is 1.12. The number of fused-ring (bicyclic) bond motifs is 1. The molecule has 0 bridgehead atoms. The number of nitro groups is 1. The SMILES string of the molecule is O=C(Nc1ccc(Br)c2cccnc12)c1ccc([N+](=O)[O-])cc1Cl. The first kappa shape index (κ1) is 16.4. The van der Waals surface area contributed by atoms with E-state index in [0.717, 1.165) is 15.9 Å². The Labute approximate surface area is 149 Å². The molecular formula is C16H9BrClN3O3. The molecule has 0 atom stereocenters. The number of anilines is 1. The second-order valence-corrected chi connectivity index (χ2v) is 6.13. The van der Waals surface area contributed by atoms with Gasteiger partial charge in [-0.25, -0.2) is 0 Å². The predicted molar refractivity (Wildman–Crippen MR) is 95.5 cm³/mol. The third kappa shape index (κ3) is 3.08. The number of nitro benzene ring substituents is 1. The standard InChI is InChI=1S/C16H9BrClN3O3/c17-12-5-6-14(15-10(12)2-1-7-19-15)20-16(22)11-4-3-9(21(23)24)8-13(11)18/h1-8H,(H,20,22). The number of nitrogens with one attached hydrogen (secondary N) is 1. The van der Waals surface area contributed by atoms with Crippen LogP contribution in [0.3, 0.4) is 0 Å². The van der Waals surface area contributed by atoms with E-state index in [2.05, 4.69) is 26.2 Å². The summed E-state index contributed by atoms with van der Waals surface area (Å²) in [7, 11) is 0. The Balaban J connectivity index is 1.96. The van der Waals surface area contributed by atoms with Crippen molar-refractivity contribution in [3.05, 3.63) is 73.8 Å². The van der Waals surface area contributed by atoms with Crippen LogP contribution in [0.1, 0.15) is 10.4 Å². The monoisotopic (exact) mass is 405 g/mol. The molecule has 0 aliphatic heterocycles. The molecule has 3 aromatic rings. The summed E-state index contributed by atoms with van der Waals surface area (Å²) in [6.07, 6.45) is 1.63. The van der Waals surface area contributed by atoms with Crippen molar-refractivity contribution in [1.82, 2.24) is 4.98 Å². The van der Waals surface area contributed by atoms with E-state index < -0.39 is 10.8 Å². The number of carbonyl (C=O) groups is 1. The average molecular weight is 407 g/mol. The highest BCUT2D eigenvalue weighted by Gasteiger charge is 2.16. The van der Waals surface area contributed by atoms with Gasteiger partial charge in [0, 0.05) is 28.2 Å². The summed E-state index contributed by atoms with van der Waals surface area (Å²) in [4.78, 5) is 26.9. The van der Waals surface area contributed by atoms with Crippen LogP contribution in [0.5, 0.6) is 0 Å². The normalized spacial score (nSPS) is 10.6. The van der Waals surface area contributed by atoms with Crippen molar-refractivity contribution in [2.45, 2.75) is 0 Å². The van der Waals surface area contributed by atoms with E-state index in [1.54, 1.807) is 24.4 Å². The van der Waals surface area contributed by atoms with Crippen LogP contribution in [0.15, 0.2) is 53.1 Å². The third-order valence-corrected chi connectivity index (χ3v) is 4.38. The fourth-order valence-corrected chi connectivity index (χ4v) is 2.94. The molecule has 24 heavy (non-hydrogen) atoms. The molecule has 0 radical (unpaired) electrons. The highest BCUT2D eigenvalue weighted by molar-refractivity contribution is 9.10. The first-order chi connectivity index (χ1) is 11.5. The Morgan fingerprint density at radius 2 is 2.04 bits per heavy atom. The van der Waals surface area contributed by atoms with E-state index in [4.69, 9.17) is 11.6 Å². The van der Waals surface area contributed by atoms with E-state index in [-0.39, 0.29) is 16.3 Å². The summed E-state index contributed by atoms with van der Waals surface area (Å²) in [5, 5.41) is 14.3. The second kappa shape index (κ2) is 6.54. The number of nitrogens with zero attached hydrogens (tertiary/aromatic N) is 2. The predicted octanol–water partition coefficient (Wildman–Crippen LogP) is 4.81. The zero-order valence-electron chi connectivity index (χ0n) is 12.0. The van der Waals surface area contributed by atoms with Crippen LogP contribution in [0.25, 0.3) is 10.9 Å². The van der Waals surface area contributed by atoms with Crippen molar-refractivity contribution in [1.29, 1.82) is 0 Å². The first-order valence-electron chi connectivity index (χ1n) is 6.76. The molecule has 0 aliphatic rings. The molecule has 2 aromatic carbocycles. The molecule has 0 fully saturated rings. The van der Waals surface area contributed by atoms with Crippen molar-refractivity contribution in [2.24, 2.45) is 0 Å². The quantitative estimate of drug-likeness (QED) is 0.499. The lowest BCUT2D eigenvalue weighted by molar-refractivity contribution is -0.384. The third-order valence-electron chi connectivity index (χ3n) is 3.37. The lowest BCUT2D eigenvalue weighted by Gasteiger charge is -2.10. The number of aromatic nitrogens is 1. The van der Waals surface area contributed by atoms with Crippen LogP contribution in [0.4, 0.5) is 11.4 Å². The smallest absolute Gasteiger partial charge is 0.270 e. The van der Waals surface area contributed by atoms with Crippen molar-refractivity contribution < 1.29 is 9.72 Å². The van der Waals surface area contributed by atoms with Crippen LogP contribution in [0.2, 0.25) is 5.02 Å². The topological polar surface area (TPSA) is 85.1 Å². The number of rotatable bonds is 3. The average Bonchev–Trinajstić information content (AvgIpc) is 2.57. The van der Waals surface area contributed by atoms with E-state index in [0.29, 0.717) is 11.2 Å². The Morgan fingerprint density at radius 3 is 2.75 bits per heavy atom. The maximum Gasteiger partial charge on any atom is 0.270 e. The number of pyridine rings is 1. The van der Waals surface area contributed by atoms with Crippen molar-refractivity contribution in [3.8, 4) is 0 Å². The molecule has 0 saturated carbocycles. The molecule has 0 saturated heterocycles. The maximum atomic E-state index is 12.4. The van der Waals surface area contributed by atoms with E-state index >= 15 is 0 Å². The number of amides is 1. The van der Waals surface area contributed by atoms with Crippen molar-refractivity contribution in [2.75, 3.05) is 5.32 Å². The van der Waals surface area contributed by atoms with Gasteiger partial charge in [-0.15, -0.1) is 0 Å². The molecule has 6 nitrogen and oxygen atoms in total. The van der Waals surface area contributed by atoms with Crippen LogP contribution in [-0.4, -0.2) is 15.8 Å². The Kier molecular flexibility index (Phi) is 4.46. The van der Waals surface area contributed by atoms with Crippen molar-refractivity contribution in [3.63, 3.8) is 0 Å². The van der Waals surface area contributed by atoms with Gasteiger partial charge in [0.25, 0.3) is 11.6 Å². The molecule has 1 amide bonds. The van der Waals surface area contributed by atoms with Crippen molar-refractivity contribution >= 4 is 55.7 Å².